The highest BCUT2D eigenvalue weighted by Gasteiger charge is 2.26. The van der Waals surface area contributed by atoms with E-state index >= 15 is 0 Å². The Morgan fingerprint density at radius 3 is 2.29 bits per heavy atom. The molecule has 0 aliphatic heterocycles. The molecule has 2 aromatic carbocycles. The maximum Gasteiger partial charge on any atom is 0.251 e. The van der Waals surface area contributed by atoms with Crippen LogP contribution in [-0.4, -0.2) is 47.5 Å². The van der Waals surface area contributed by atoms with Gasteiger partial charge in [0.2, 0.25) is 10.0 Å². The van der Waals surface area contributed by atoms with Crippen LogP contribution in [0.4, 0.5) is 0 Å². The van der Waals surface area contributed by atoms with Crippen molar-refractivity contribution in [1.82, 2.24) is 24.4 Å². The number of aromatic nitrogens is 3. The van der Waals surface area contributed by atoms with Gasteiger partial charge in [-0.1, -0.05) is 12.1 Å². The van der Waals surface area contributed by atoms with Crippen LogP contribution in [0, 0.1) is 0 Å². The van der Waals surface area contributed by atoms with Crippen LogP contribution in [0.25, 0.3) is 5.69 Å². The Balaban J connectivity index is 1.81. The molecule has 0 unspecified atom stereocenters. The van der Waals surface area contributed by atoms with Crippen LogP contribution in [0.5, 0.6) is 0 Å². The number of hydrogen-bond donors (Lipinski definition) is 1. The van der Waals surface area contributed by atoms with Gasteiger partial charge in [-0.2, -0.15) is 9.40 Å². The van der Waals surface area contributed by atoms with Crippen LogP contribution < -0.4 is 5.32 Å². The quantitative estimate of drug-likeness (QED) is 0.684. The molecule has 8 nitrogen and oxygen atoms in total. The van der Waals surface area contributed by atoms with Crippen LogP contribution >= 0.6 is 0 Å². The highest BCUT2D eigenvalue weighted by molar-refractivity contribution is 7.89. The van der Waals surface area contributed by atoms with E-state index in [0.29, 0.717) is 5.56 Å². The predicted molar refractivity (Wildman–Crippen MR) is 105 cm³/mol. The molecule has 1 amide bonds. The van der Waals surface area contributed by atoms with Crippen LogP contribution in [0.15, 0.2) is 66.1 Å². The summed E-state index contributed by atoms with van der Waals surface area (Å²) >= 11 is 0. The summed E-state index contributed by atoms with van der Waals surface area (Å²) in [6, 6.07) is 12.9. The van der Waals surface area contributed by atoms with Gasteiger partial charge in [0.15, 0.2) is 0 Å². The number of sulfonamides is 1. The molecular formula is C19H21N5O3S. The zero-order valence-electron chi connectivity index (χ0n) is 15.8. The normalized spacial score (nSPS) is 12.7. The number of benzene rings is 2. The highest BCUT2D eigenvalue weighted by atomic mass is 32.2. The van der Waals surface area contributed by atoms with Crippen LogP contribution in [-0.2, 0) is 10.0 Å². The number of nitrogens with zero attached hydrogens (tertiary/aromatic N) is 4. The molecule has 0 spiro atoms. The number of rotatable bonds is 6. The third-order valence-electron chi connectivity index (χ3n) is 4.62. The first-order valence-electron chi connectivity index (χ1n) is 8.59. The molecule has 1 aromatic heterocycles. The van der Waals surface area contributed by atoms with Crippen molar-refractivity contribution >= 4 is 15.9 Å². The van der Waals surface area contributed by atoms with Gasteiger partial charge in [-0.25, -0.2) is 18.1 Å². The van der Waals surface area contributed by atoms with Gasteiger partial charge in [0.05, 0.1) is 10.6 Å². The van der Waals surface area contributed by atoms with Gasteiger partial charge in [-0.3, -0.25) is 4.79 Å². The molecule has 3 aromatic rings. The van der Waals surface area contributed by atoms with Gasteiger partial charge in [0, 0.05) is 25.7 Å². The minimum atomic E-state index is -3.71. The highest BCUT2D eigenvalue weighted by Crippen LogP contribution is 2.26. The molecule has 9 heteroatoms. The van der Waals surface area contributed by atoms with Gasteiger partial charge in [-0.05, 0) is 48.9 Å². The number of amides is 1. The molecule has 0 aliphatic carbocycles. The molecular weight excluding hydrogens is 378 g/mol. The molecule has 0 saturated carbocycles. The van der Waals surface area contributed by atoms with E-state index in [1.807, 2.05) is 31.2 Å². The minimum Gasteiger partial charge on any atom is -0.355 e. The van der Waals surface area contributed by atoms with Crippen molar-refractivity contribution in [2.75, 3.05) is 14.1 Å². The Labute approximate surface area is 163 Å². The van der Waals surface area contributed by atoms with E-state index in [9.17, 15) is 13.2 Å². The van der Waals surface area contributed by atoms with Crippen LogP contribution in [0.2, 0.25) is 0 Å². The SMILES string of the molecule is CNC(=O)c1ccc(S(=O)(=O)N(C)[C@@H](C)c2ccc(-n3cncn3)cc2)cc1. The van der Waals surface area contributed by atoms with Crippen LogP contribution in [0.1, 0.15) is 28.9 Å². The van der Waals surface area contributed by atoms with Crippen molar-refractivity contribution in [3.05, 3.63) is 72.3 Å². The van der Waals surface area contributed by atoms with Gasteiger partial charge in [0.1, 0.15) is 12.7 Å². The van der Waals surface area contributed by atoms with Crippen molar-refractivity contribution < 1.29 is 13.2 Å². The molecule has 0 fully saturated rings. The Hall–Kier alpha value is -3.04. The molecule has 0 radical (unpaired) electrons. The summed E-state index contributed by atoms with van der Waals surface area (Å²) in [5.41, 5.74) is 2.08. The molecule has 0 aliphatic rings. The summed E-state index contributed by atoms with van der Waals surface area (Å²) in [5.74, 6) is -0.266. The monoisotopic (exact) mass is 399 g/mol. The largest absolute Gasteiger partial charge is 0.355 e. The lowest BCUT2D eigenvalue weighted by Gasteiger charge is -2.25. The minimum absolute atomic E-state index is 0.133. The molecule has 1 heterocycles. The molecule has 3 rings (SSSR count). The lowest BCUT2D eigenvalue weighted by Crippen LogP contribution is -2.30. The summed E-state index contributed by atoms with van der Waals surface area (Å²) in [5, 5.41) is 6.58. The maximum atomic E-state index is 13.0. The molecule has 28 heavy (non-hydrogen) atoms. The first-order chi connectivity index (χ1) is 13.3. The molecule has 0 saturated heterocycles. The van der Waals surface area contributed by atoms with E-state index < -0.39 is 10.0 Å². The standard InChI is InChI=1S/C19H21N5O3S/c1-14(15-4-8-17(9-5-15)24-13-21-12-22-24)23(3)28(26,27)18-10-6-16(7-11-18)19(25)20-2/h4-14H,1-3H3,(H,20,25)/t14-/m0/s1. The summed E-state index contributed by atoms with van der Waals surface area (Å²) < 4.78 is 28.8. The Morgan fingerprint density at radius 1 is 1.11 bits per heavy atom. The summed E-state index contributed by atoms with van der Waals surface area (Å²) in [4.78, 5) is 15.7. The fraction of sp³-hybridized carbons (Fsp3) is 0.211. The average Bonchev–Trinajstić information content (AvgIpc) is 3.27. The number of carbonyl (C=O) groups excluding carboxylic acids is 1. The smallest absolute Gasteiger partial charge is 0.251 e. The second kappa shape index (κ2) is 7.91. The molecule has 1 atom stereocenters. The van der Waals surface area contributed by atoms with Crippen molar-refractivity contribution in [2.24, 2.45) is 0 Å². The lowest BCUT2D eigenvalue weighted by molar-refractivity contribution is 0.0963. The number of nitrogens with one attached hydrogen (secondary N) is 1. The van der Waals surface area contributed by atoms with E-state index in [1.54, 1.807) is 11.0 Å². The van der Waals surface area contributed by atoms with Crippen LogP contribution in [0.3, 0.4) is 0 Å². The van der Waals surface area contributed by atoms with E-state index in [0.717, 1.165) is 11.3 Å². The summed E-state index contributed by atoms with van der Waals surface area (Å²) in [7, 11) is -0.651. The topological polar surface area (TPSA) is 97.2 Å². The first-order valence-corrected chi connectivity index (χ1v) is 10.0. The lowest BCUT2D eigenvalue weighted by atomic mass is 10.1. The van der Waals surface area contributed by atoms with Gasteiger partial charge < -0.3 is 5.32 Å². The second-order valence-corrected chi connectivity index (χ2v) is 8.23. The summed E-state index contributed by atoms with van der Waals surface area (Å²) in [6.45, 7) is 1.82. The zero-order valence-corrected chi connectivity index (χ0v) is 16.6. The van der Waals surface area contributed by atoms with Crippen molar-refractivity contribution in [3.63, 3.8) is 0 Å². The second-order valence-electron chi connectivity index (χ2n) is 6.23. The van der Waals surface area contributed by atoms with Crippen molar-refractivity contribution in [1.29, 1.82) is 0 Å². The van der Waals surface area contributed by atoms with Gasteiger partial charge in [0.25, 0.3) is 5.91 Å². The average molecular weight is 399 g/mol. The van der Waals surface area contributed by atoms with Gasteiger partial charge >= 0.3 is 0 Å². The zero-order chi connectivity index (χ0) is 20.3. The van der Waals surface area contributed by atoms with E-state index in [2.05, 4.69) is 15.4 Å². The van der Waals surface area contributed by atoms with E-state index in [4.69, 9.17) is 0 Å². The number of hydrogen-bond acceptors (Lipinski definition) is 5. The van der Waals surface area contributed by atoms with Gasteiger partial charge in [-0.15, -0.1) is 0 Å². The molecule has 1 N–H and O–H groups in total. The third kappa shape index (κ3) is 3.80. The fourth-order valence-corrected chi connectivity index (χ4v) is 4.10. The number of carbonyl (C=O) groups is 1. The Morgan fingerprint density at radius 2 is 1.75 bits per heavy atom. The maximum absolute atomic E-state index is 13.0. The molecule has 146 valence electrons. The van der Waals surface area contributed by atoms with E-state index in [1.165, 1.54) is 49.0 Å². The third-order valence-corrected chi connectivity index (χ3v) is 6.57. The van der Waals surface area contributed by atoms with Crippen molar-refractivity contribution in [2.45, 2.75) is 17.9 Å². The molecule has 0 bridgehead atoms. The predicted octanol–water partition coefficient (Wildman–Crippen LogP) is 2.01. The summed E-state index contributed by atoms with van der Waals surface area (Å²) in [6.07, 6.45) is 3.05. The van der Waals surface area contributed by atoms with Crippen molar-refractivity contribution in [3.8, 4) is 5.69 Å². The van der Waals surface area contributed by atoms with E-state index in [-0.39, 0.29) is 16.8 Å². The first kappa shape index (κ1) is 19.7. The fourth-order valence-electron chi connectivity index (χ4n) is 2.75. The Kier molecular flexibility index (Phi) is 5.57. The Bertz CT molecular complexity index is 1050.